The van der Waals surface area contributed by atoms with Gasteiger partial charge in [-0.25, -0.2) is 4.98 Å². The monoisotopic (exact) mass is 358 g/mol. The molecule has 4 heterocycles. The van der Waals surface area contributed by atoms with E-state index in [-0.39, 0.29) is 0 Å². The molecule has 130 valence electrons. The summed E-state index contributed by atoms with van der Waals surface area (Å²) in [5.74, 6) is 0. The summed E-state index contributed by atoms with van der Waals surface area (Å²) in [6.07, 6.45) is 6.55. The first-order chi connectivity index (χ1) is 13.9. The highest BCUT2D eigenvalue weighted by Gasteiger charge is 2.21. The van der Waals surface area contributed by atoms with E-state index in [9.17, 15) is 0 Å². The molecule has 0 N–H and O–H groups in total. The van der Waals surface area contributed by atoms with Crippen molar-refractivity contribution in [1.29, 1.82) is 0 Å². The van der Waals surface area contributed by atoms with Crippen LogP contribution < -0.4 is 0 Å². The molecule has 1 aliphatic carbocycles. The van der Waals surface area contributed by atoms with Gasteiger partial charge in [-0.2, -0.15) is 0 Å². The van der Waals surface area contributed by atoms with Crippen LogP contribution in [0.3, 0.4) is 0 Å². The highest BCUT2D eigenvalue weighted by Crippen LogP contribution is 2.40. The molecule has 0 fully saturated rings. The normalized spacial score (nSPS) is 12.9. The zero-order valence-corrected chi connectivity index (χ0v) is 14.9. The number of benzene rings is 2. The Hall–Kier alpha value is -3.79. The third-order valence-electron chi connectivity index (χ3n) is 5.91. The van der Waals surface area contributed by atoms with Gasteiger partial charge in [0.25, 0.3) is 0 Å². The molecule has 4 heteroatoms. The summed E-state index contributed by atoms with van der Waals surface area (Å²) in [6.45, 7) is 0. The molecule has 0 atom stereocenters. The van der Waals surface area contributed by atoms with Crippen molar-refractivity contribution in [3.05, 3.63) is 84.3 Å². The van der Waals surface area contributed by atoms with Crippen molar-refractivity contribution in [2.24, 2.45) is 0 Å². The van der Waals surface area contributed by atoms with E-state index in [4.69, 9.17) is 4.98 Å². The molecule has 2 aromatic carbocycles. The zero-order valence-electron chi connectivity index (χ0n) is 14.9. The lowest BCUT2D eigenvalue weighted by Crippen LogP contribution is -1.93. The molecule has 0 unspecified atom stereocenters. The summed E-state index contributed by atoms with van der Waals surface area (Å²) >= 11 is 0. The summed E-state index contributed by atoms with van der Waals surface area (Å²) in [5, 5.41) is 2.10. The fourth-order valence-electron chi connectivity index (χ4n) is 4.70. The SMILES string of the molecule is c1ccc2c(c1)Cc1cc3nc4c5cccnc5c5cnccc5n4c3cc1-2. The van der Waals surface area contributed by atoms with Crippen LogP contribution in [-0.2, 0) is 6.42 Å². The van der Waals surface area contributed by atoms with Crippen LogP contribution in [0.25, 0.3) is 49.6 Å². The first kappa shape index (κ1) is 14.3. The van der Waals surface area contributed by atoms with E-state index in [1.165, 1.54) is 22.3 Å². The van der Waals surface area contributed by atoms with Crippen molar-refractivity contribution in [2.45, 2.75) is 6.42 Å². The summed E-state index contributed by atoms with van der Waals surface area (Å²) in [5.41, 5.74) is 10.5. The van der Waals surface area contributed by atoms with Gasteiger partial charge in [0.2, 0.25) is 0 Å². The van der Waals surface area contributed by atoms with Gasteiger partial charge in [0.1, 0.15) is 5.65 Å². The maximum atomic E-state index is 5.04. The Morgan fingerprint density at radius 2 is 1.75 bits per heavy atom. The van der Waals surface area contributed by atoms with Crippen LogP contribution in [0.15, 0.2) is 73.2 Å². The van der Waals surface area contributed by atoms with Crippen molar-refractivity contribution in [1.82, 2.24) is 19.4 Å². The number of imidazole rings is 1. The van der Waals surface area contributed by atoms with Crippen LogP contribution in [0.4, 0.5) is 0 Å². The largest absolute Gasteiger partial charge is 0.291 e. The predicted octanol–water partition coefficient (Wildman–Crippen LogP) is 5.16. The third-order valence-corrected chi connectivity index (χ3v) is 5.91. The van der Waals surface area contributed by atoms with Crippen molar-refractivity contribution < 1.29 is 0 Å². The van der Waals surface area contributed by atoms with Gasteiger partial charge >= 0.3 is 0 Å². The second-order valence-electron chi connectivity index (χ2n) is 7.40. The summed E-state index contributed by atoms with van der Waals surface area (Å²) in [7, 11) is 0. The number of pyridine rings is 3. The Kier molecular flexibility index (Phi) is 2.51. The van der Waals surface area contributed by atoms with Gasteiger partial charge < -0.3 is 0 Å². The molecular formula is C24H14N4. The fourth-order valence-corrected chi connectivity index (χ4v) is 4.70. The molecule has 6 aromatic rings. The zero-order chi connectivity index (χ0) is 18.2. The molecule has 28 heavy (non-hydrogen) atoms. The first-order valence-electron chi connectivity index (χ1n) is 9.42. The van der Waals surface area contributed by atoms with Gasteiger partial charge in [-0.15, -0.1) is 0 Å². The highest BCUT2D eigenvalue weighted by atomic mass is 15.0. The van der Waals surface area contributed by atoms with Crippen LogP contribution >= 0.6 is 0 Å². The van der Waals surface area contributed by atoms with E-state index in [0.29, 0.717) is 0 Å². The molecule has 0 radical (unpaired) electrons. The van der Waals surface area contributed by atoms with Gasteiger partial charge in [-0.1, -0.05) is 24.3 Å². The topological polar surface area (TPSA) is 43.1 Å². The summed E-state index contributed by atoms with van der Waals surface area (Å²) < 4.78 is 2.26. The molecule has 1 aliphatic rings. The average Bonchev–Trinajstić information content (AvgIpc) is 3.30. The maximum absolute atomic E-state index is 5.04. The Bertz CT molecular complexity index is 1590. The number of aromatic nitrogens is 4. The van der Waals surface area contributed by atoms with Crippen LogP contribution in [0, 0.1) is 0 Å². The molecule has 0 saturated heterocycles. The predicted molar refractivity (Wildman–Crippen MR) is 112 cm³/mol. The first-order valence-corrected chi connectivity index (χ1v) is 9.42. The van der Waals surface area contributed by atoms with Crippen molar-refractivity contribution in [2.75, 3.05) is 0 Å². The Labute approximate surface area is 160 Å². The van der Waals surface area contributed by atoms with Gasteiger partial charge in [-0.3, -0.25) is 14.4 Å². The van der Waals surface area contributed by atoms with Crippen molar-refractivity contribution in [3.8, 4) is 11.1 Å². The lowest BCUT2D eigenvalue weighted by molar-refractivity contribution is 1.26. The van der Waals surface area contributed by atoms with Gasteiger partial charge in [0, 0.05) is 29.4 Å². The van der Waals surface area contributed by atoms with E-state index >= 15 is 0 Å². The van der Waals surface area contributed by atoms with E-state index < -0.39 is 0 Å². The third kappa shape index (κ3) is 1.68. The van der Waals surface area contributed by atoms with E-state index in [0.717, 1.165) is 44.9 Å². The number of nitrogens with zero attached hydrogens (tertiary/aromatic N) is 4. The smallest absolute Gasteiger partial charge is 0.147 e. The molecule has 0 saturated carbocycles. The second kappa shape index (κ2) is 4.93. The Morgan fingerprint density at radius 3 is 2.75 bits per heavy atom. The number of hydrogen-bond donors (Lipinski definition) is 0. The van der Waals surface area contributed by atoms with Crippen molar-refractivity contribution >= 4 is 38.5 Å². The average molecular weight is 358 g/mol. The fraction of sp³-hybridized carbons (Fsp3) is 0.0417. The number of rotatable bonds is 0. The molecule has 4 nitrogen and oxygen atoms in total. The molecule has 0 amide bonds. The Balaban J connectivity index is 1.72. The van der Waals surface area contributed by atoms with Gasteiger partial charge in [-0.05, 0) is 59.0 Å². The summed E-state index contributed by atoms with van der Waals surface area (Å²) in [4.78, 5) is 14.0. The second-order valence-corrected chi connectivity index (χ2v) is 7.40. The number of hydrogen-bond acceptors (Lipinski definition) is 3. The minimum absolute atomic E-state index is 0.950. The molecule has 0 bridgehead atoms. The minimum atomic E-state index is 0.950. The van der Waals surface area contributed by atoms with Crippen LogP contribution in [0.2, 0.25) is 0 Å². The molecule has 0 aliphatic heterocycles. The highest BCUT2D eigenvalue weighted by molar-refractivity contribution is 6.11. The van der Waals surface area contributed by atoms with Crippen LogP contribution in [0.5, 0.6) is 0 Å². The van der Waals surface area contributed by atoms with Gasteiger partial charge in [0.15, 0.2) is 0 Å². The Morgan fingerprint density at radius 1 is 0.786 bits per heavy atom. The molecular weight excluding hydrogens is 344 g/mol. The lowest BCUT2D eigenvalue weighted by atomic mass is 10.1. The van der Waals surface area contributed by atoms with Crippen LogP contribution in [0.1, 0.15) is 11.1 Å². The number of fused-ring (bicyclic) bond motifs is 11. The molecule has 4 aromatic heterocycles. The van der Waals surface area contributed by atoms with Crippen LogP contribution in [-0.4, -0.2) is 19.4 Å². The lowest BCUT2D eigenvalue weighted by Gasteiger charge is -2.08. The molecule has 0 spiro atoms. The minimum Gasteiger partial charge on any atom is -0.291 e. The maximum Gasteiger partial charge on any atom is 0.147 e. The quantitative estimate of drug-likeness (QED) is 0.352. The van der Waals surface area contributed by atoms with E-state index in [1.54, 1.807) is 0 Å². The summed E-state index contributed by atoms with van der Waals surface area (Å²) in [6, 6.07) is 19.4. The van der Waals surface area contributed by atoms with Gasteiger partial charge in [0.05, 0.1) is 22.1 Å². The van der Waals surface area contributed by atoms with E-state index in [1.807, 2.05) is 24.7 Å². The van der Waals surface area contributed by atoms with E-state index in [2.05, 4.69) is 62.9 Å². The standard InChI is InChI=1S/C24H14N4/c1-2-5-16-14(4-1)10-15-11-20-22(12-18(15)16)28-21-7-9-25-13-19(21)23-17(24(28)27-20)6-3-8-26-23/h1-9,11-13H,10H2. The van der Waals surface area contributed by atoms with Crippen molar-refractivity contribution in [3.63, 3.8) is 0 Å². The molecule has 7 rings (SSSR count).